The minimum atomic E-state index is -0.491. The monoisotopic (exact) mass is 381 g/mol. The van der Waals surface area contributed by atoms with Gasteiger partial charge in [0.25, 0.3) is 0 Å². The molecular formula is C23H27NO4. The van der Waals surface area contributed by atoms with Gasteiger partial charge in [-0.25, -0.2) is 0 Å². The van der Waals surface area contributed by atoms with Gasteiger partial charge < -0.3 is 19.7 Å². The van der Waals surface area contributed by atoms with E-state index in [9.17, 15) is 15.5 Å². The van der Waals surface area contributed by atoms with Crippen LogP contribution in [0.5, 0.6) is 0 Å². The first-order valence-corrected chi connectivity index (χ1v) is 9.67. The Kier molecular flexibility index (Phi) is 7.18. The fourth-order valence-corrected chi connectivity index (χ4v) is 3.66. The highest BCUT2D eigenvalue weighted by Crippen LogP contribution is 2.32. The molecule has 1 heterocycles. The van der Waals surface area contributed by atoms with E-state index in [-0.39, 0.29) is 18.8 Å². The van der Waals surface area contributed by atoms with Gasteiger partial charge >= 0.3 is 0 Å². The van der Waals surface area contributed by atoms with Crippen molar-refractivity contribution in [1.82, 2.24) is 0 Å². The van der Waals surface area contributed by atoms with E-state index >= 15 is 0 Å². The van der Waals surface area contributed by atoms with E-state index < -0.39 is 6.10 Å². The van der Waals surface area contributed by atoms with Crippen LogP contribution in [0, 0.1) is 11.3 Å². The zero-order valence-electron chi connectivity index (χ0n) is 16.2. The molecule has 0 spiro atoms. The second kappa shape index (κ2) is 9.81. The Labute approximate surface area is 166 Å². The molecule has 0 bridgehead atoms. The lowest BCUT2D eigenvalue weighted by Gasteiger charge is -2.32. The Bertz CT molecular complexity index is 812. The van der Waals surface area contributed by atoms with Gasteiger partial charge in [0.15, 0.2) is 0 Å². The molecule has 1 unspecified atom stereocenters. The molecule has 1 fully saturated rings. The number of ether oxygens (including phenoxy) is 2. The van der Waals surface area contributed by atoms with Crippen LogP contribution in [0.15, 0.2) is 42.5 Å². The SMILES string of the molecule is COCCc1ccc(Cc2cc([C@H]3CC(O)C[C@@H](CO)O3)ccc2C#N)cc1. The Morgan fingerprint density at radius 3 is 2.57 bits per heavy atom. The number of hydrogen-bond acceptors (Lipinski definition) is 5. The zero-order valence-corrected chi connectivity index (χ0v) is 16.2. The molecular weight excluding hydrogens is 354 g/mol. The third kappa shape index (κ3) is 5.18. The number of aliphatic hydroxyl groups excluding tert-OH is 2. The highest BCUT2D eigenvalue weighted by Gasteiger charge is 2.29. The standard InChI is InChI=1S/C23H27NO4/c1-27-9-8-16-2-4-17(5-3-16)10-20-11-18(6-7-19(20)14-24)23-13-21(26)12-22(15-25)28-23/h2-7,11,21-23,25-26H,8-10,12-13,15H2,1H3/t21?,22-,23+/m0/s1. The summed E-state index contributed by atoms with van der Waals surface area (Å²) in [5, 5.41) is 29.0. The largest absolute Gasteiger partial charge is 0.394 e. The lowest BCUT2D eigenvalue weighted by atomic mass is 9.92. The molecule has 1 aliphatic rings. The maximum absolute atomic E-state index is 10.1. The van der Waals surface area contributed by atoms with E-state index in [1.807, 2.05) is 18.2 Å². The molecule has 0 aliphatic carbocycles. The number of aliphatic hydroxyl groups is 2. The van der Waals surface area contributed by atoms with E-state index in [2.05, 4.69) is 30.3 Å². The van der Waals surface area contributed by atoms with E-state index in [0.717, 1.165) is 23.1 Å². The maximum Gasteiger partial charge on any atom is 0.0994 e. The van der Waals surface area contributed by atoms with E-state index in [4.69, 9.17) is 9.47 Å². The Hall–Kier alpha value is -2.23. The average Bonchev–Trinajstić information content (AvgIpc) is 2.72. The quantitative estimate of drug-likeness (QED) is 0.771. The normalized spacial score (nSPS) is 22.0. The number of hydrogen-bond donors (Lipinski definition) is 2. The third-order valence-corrected chi connectivity index (χ3v) is 5.22. The predicted octanol–water partition coefficient (Wildman–Crippen LogP) is 2.91. The van der Waals surface area contributed by atoms with Crippen molar-refractivity contribution in [2.24, 2.45) is 0 Å². The van der Waals surface area contributed by atoms with Crippen LogP contribution < -0.4 is 0 Å². The van der Waals surface area contributed by atoms with Crippen LogP contribution in [-0.4, -0.2) is 42.7 Å². The molecule has 5 heteroatoms. The van der Waals surface area contributed by atoms with Gasteiger partial charge in [0.1, 0.15) is 0 Å². The first kappa shape index (κ1) is 20.5. The number of benzene rings is 2. The van der Waals surface area contributed by atoms with Crippen molar-refractivity contribution in [2.45, 2.75) is 44.0 Å². The molecule has 2 aromatic rings. The highest BCUT2D eigenvalue weighted by molar-refractivity contribution is 5.44. The smallest absolute Gasteiger partial charge is 0.0994 e. The first-order valence-electron chi connectivity index (χ1n) is 9.67. The molecule has 1 saturated heterocycles. The zero-order chi connectivity index (χ0) is 19.9. The summed E-state index contributed by atoms with van der Waals surface area (Å²) in [6.07, 6.45) is 1.36. The minimum Gasteiger partial charge on any atom is -0.394 e. The van der Waals surface area contributed by atoms with Crippen LogP contribution in [-0.2, 0) is 22.3 Å². The second-order valence-electron chi connectivity index (χ2n) is 7.32. The summed E-state index contributed by atoms with van der Waals surface area (Å²) in [6, 6.07) is 16.3. The van der Waals surface area contributed by atoms with E-state index in [0.29, 0.717) is 31.4 Å². The summed E-state index contributed by atoms with van der Waals surface area (Å²) in [6.45, 7) is 0.591. The van der Waals surface area contributed by atoms with Gasteiger partial charge in [-0.15, -0.1) is 0 Å². The molecule has 0 saturated carbocycles. The molecule has 3 rings (SSSR count). The van der Waals surface area contributed by atoms with Gasteiger partial charge in [0.2, 0.25) is 0 Å². The van der Waals surface area contributed by atoms with Crippen LogP contribution in [0.1, 0.15) is 46.8 Å². The molecule has 148 valence electrons. The lowest BCUT2D eigenvalue weighted by Crippen LogP contribution is -2.33. The lowest BCUT2D eigenvalue weighted by molar-refractivity contribution is -0.113. The van der Waals surface area contributed by atoms with Crippen molar-refractivity contribution < 1.29 is 19.7 Å². The van der Waals surface area contributed by atoms with Crippen molar-refractivity contribution in [3.63, 3.8) is 0 Å². The van der Waals surface area contributed by atoms with Crippen molar-refractivity contribution >= 4 is 0 Å². The minimum absolute atomic E-state index is 0.105. The van der Waals surface area contributed by atoms with E-state index in [1.165, 1.54) is 5.56 Å². The van der Waals surface area contributed by atoms with Gasteiger partial charge in [-0.3, -0.25) is 0 Å². The van der Waals surface area contributed by atoms with Crippen molar-refractivity contribution in [3.8, 4) is 6.07 Å². The van der Waals surface area contributed by atoms with Crippen LogP contribution in [0.3, 0.4) is 0 Å². The second-order valence-corrected chi connectivity index (χ2v) is 7.32. The average molecular weight is 381 g/mol. The van der Waals surface area contributed by atoms with E-state index in [1.54, 1.807) is 7.11 Å². The molecule has 28 heavy (non-hydrogen) atoms. The van der Waals surface area contributed by atoms with Gasteiger partial charge in [-0.05, 0) is 41.2 Å². The van der Waals surface area contributed by atoms with Crippen molar-refractivity contribution in [2.75, 3.05) is 20.3 Å². The summed E-state index contributed by atoms with van der Waals surface area (Å²) in [5.41, 5.74) is 4.87. The number of methoxy groups -OCH3 is 1. The van der Waals surface area contributed by atoms with Gasteiger partial charge in [0, 0.05) is 20.0 Å². The summed E-state index contributed by atoms with van der Waals surface area (Å²) >= 11 is 0. The van der Waals surface area contributed by atoms with Crippen LogP contribution in [0.4, 0.5) is 0 Å². The molecule has 3 atom stereocenters. The summed E-state index contributed by atoms with van der Waals surface area (Å²) in [5.74, 6) is 0. The fraction of sp³-hybridized carbons (Fsp3) is 0.435. The van der Waals surface area contributed by atoms with Gasteiger partial charge in [0.05, 0.1) is 43.2 Å². The highest BCUT2D eigenvalue weighted by atomic mass is 16.5. The molecule has 2 N–H and O–H groups in total. The van der Waals surface area contributed by atoms with Crippen molar-refractivity contribution in [1.29, 1.82) is 5.26 Å². The fourth-order valence-electron chi connectivity index (χ4n) is 3.66. The molecule has 0 aromatic heterocycles. The molecule has 0 radical (unpaired) electrons. The van der Waals surface area contributed by atoms with Gasteiger partial charge in [-0.2, -0.15) is 5.26 Å². The number of rotatable bonds is 7. The van der Waals surface area contributed by atoms with Crippen LogP contribution in [0.25, 0.3) is 0 Å². The predicted molar refractivity (Wildman–Crippen MR) is 106 cm³/mol. The van der Waals surface area contributed by atoms with Crippen LogP contribution in [0.2, 0.25) is 0 Å². The van der Waals surface area contributed by atoms with Crippen molar-refractivity contribution in [3.05, 3.63) is 70.3 Å². The summed E-state index contributed by atoms with van der Waals surface area (Å²) in [4.78, 5) is 0. The number of nitrogens with zero attached hydrogens (tertiary/aromatic N) is 1. The molecule has 0 amide bonds. The molecule has 5 nitrogen and oxygen atoms in total. The number of nitriles is 1. The van der Waals surface area contributed by atoms with Gasteiger partial charge in [-0.1, -0.05) is 36.4 Å². The Morgan fingerprint density at radius 2 is 1.89 bits per heavy atom. The van der Waals surface area contributed by atoms with Crippen LogP contribution >= 0.6 is 0 Å². The molecule has 2 aromatic carbocycles. The topological polar surface area (TPSA) is 82.7 Å². The summed E-state index contributed by atoms with van der Waals surface area (Å²) < 4.78 is 11.0. The maximum atomic E-state index is 10.1. The Balaban J connectivity index is 1.78. The first-order chi connectivity index (χ1) is 13.6. The summed E-state index contributed by atoms with van der Waals surface area (Å²) in [7, 11) is 1.70. The third-order valence-electron chi connectivity index (χ3n) is 5.22. The molecule has 1 aliphatic heterocycles. The Morgan fingerprint density at radius 1 is 1.14 bits per heavy atom.